The van der Waals surface area contributed by atoms with Gasteiger partial charge in [0.1, 0.15) is 23.6 Å². The van der Waals surface area contributed by atoms with Gasteiger partial charge in [0, 0.05) is 59.4 Å². The number of carbonyl (C=O) groups is 4. The fourth-order valence-electron chi connectivity index (χ4n) is 6.36. The molecule has 0 radical (unpaired) electrons. The Bertz CT molecular complexity index is 2740. The maximum atomic E-state index is 12.8. The summed E-state index contributed by atoms with van der Waals surface area (Å²) in [6.45, 7) is 0. The van der Waals surface area contributed by atoms with E-state index in [1.54, 1.807) is 99.3 Å². The summed E-state index contributed by atoms with van der Waals surface area (Å²) in [5, 5.41) is 14.9. The lowest BCUT2D eigenvalue weighted by molar-refractivity contribution is -0.143. The second-order valence-electron chi connectivity index (χ2n) is 14.1. The van der Waals surface area contributed by atoms with Gasteiger partial charge >= 0.3 is 11.9 Å². The minimum atomic E-state index is -1.15. The number of methoxy groups -OCH3 is 3. The van der Waals surface area contributed by atoms with Gasteiger partial charge < -0.3 is 39.1 Å². The Labute approximate surface area is 391 Å². The first-order valence-corrected chi connectivity index (χ1v) is 20.8. The number of hydrogen-bond acceptors (Lipinski definition) is 9. The Hall–Kier alpha value is -6.49. The van der Waals surface area contributed by atoms with E-state index in [1.807, 2.05) is 30.3 Å². The Morgan fingerprint density at radius 3 is 1.38 bits per heavy atom. The fraction of sp³-hybridized carbons (Fsp3) is 0.191. The van der Waals surface area contributed by atoms with Crippen LogP contribution >= 0.6 is 44.3 Å². The van der Waals surface area contributed by atoms with Crippen LogP contribution in [0.15, 0.2) is 140 Å². The lowest BCUT2D eigenvalue weighted by Gasteiger charge is -2.18. The minimum Gasteiger partial charge on any atom is -0.497 e. The number of carboxylic acid groups (broad SMARTS) is 1. The number of rotatable bonds is 14. The molecule has 0 aliphatic heterocycles. The Morgan fingerprint density at radius 1 is 0.609 bits per heavy atom. The molecule has 2 amide bonds. The maximum absolute atomic E-state index is 12.8. The molecule has 2 atom stereocenters. The van der Waals surface area contributed by atoms with Crippen molar-refractivity contribution in [3.05, 3.63) is 173 Å². The average molecular weight is 1020 g/mol. The normalized spacial score (nSPS) is 11.4. The summed E-state index contributed by atoms with van der Waals surface area (Å²) in [5.41, 5.74) is 4.59. The van der Waals surface area contributed by atoms with Gasteiger partial charge in [-0.15, -0.1) is 12.4 Å². The Balaban J connectivity index is 0.000000276. The third-order valence-electron chi connectivity index (χ3n) is 9.89. The highest BCUT2D eigenvalue weighted by Gasteiger charge is 2.25. The number of nitrogens with zero attached hydrogens (tertiary/aromatic N) is 2. The molecule has 64 heavy (non-hydrogen) atoms. The number of carboxylic acids is 1. The zero-order valence-electron chi connectivity index (χ0n) is 35.3. The van der Waals surface area contributed by atoms with E-state index in [9.17, 15) is 33.9 Å². The monoisotopic (exact) mass is 1020 g/mol. The summed E-state index contributed by atoms with van der Waals surface area (Å²) in [5.74, 6) is -1.65. The largest absolute Gasteiger partial charge is 0.497 e. The number of hydrogen-bond donors (Lipinski definition) is 3. The number of pyridine rings is 2. The standard InChI is InChI=1S/C24H23BrN2O5.C23H21BrN2O5.ClH/c1-27-12-4-5-18(23(27)29)16-8-6-15(7-9-16)13-21(24(30)32-3)26-22(28)19-14-17(31-2)10-11-20(19)25;1-26-11-3-4-17(22(26)28)15-7-5-14(6-8-15)12-20(23(29)30)25-21(27)18-13-16(31-2)9-10-19(18)24;/h4-12,14,21H,13H2,1-3H3,(H,26,28);3-11,13,20H,12H2,1-2H3,(H,25,27)(H,29,30);1H. The molecule has 0 saturated carbocycles. The van der Waals surface area contributed by atoms with Crippen molar-refractivity contribution in [2.24, 2.45) is 14.1 Å². The van der Waals surface area contributed by atoms with Gasteiger partial charge in [-0.25, -0.2) is 9.59 Å². The summed E-state index contributed by atoms with van der Waals surface area (Å²) in [6, 6.07) is 29.3. The van der Waals surface area contributed by atoms with Crippen molar-refractivity contribution in [2.45, 2.75) is 24.9 Å². The number of benzene rings is 4. The van der Waals surface area contributed by atoms with Crippen molar-refractivity contribution < 1.29 is 38.5 Å². The lowest BCUT2D eigenvalue weighted by atomic mass is 10.0. The zero-order chi connectivity index (χ0) is 45.8. The van der Waals surface area contributed by atoms with Gasteiger partial charge in [0.25, 0.3) is 22.9 Å². The lowest BCUT2D eigenvalue weighted by Crippen LogP contribution is -2.43. The third-order valence-corrected chi connectivity index (χ3v) is 11.3. The molecule has 0 aliphatic carbocycles. The van der Waals surface area contributed by atoms with E-state index >= 15 is 0 Å². The summed E-state index contributed by atoms with van der Waals surface area (Å²) >= 11 is 6.66. The number of halogens is 3. The SMILES string of the molecule is COC(=O)C(Cc1ccc(-c2cccn(C)c2=O)cc1)NC(=O)c1cc(OC)ccc1Br.COc1ccc(Br)c(C(=O)NC(Cc2ccc(-c3cccn(C)c3=O)cc2)C(=O)O)c1.Cl. The molecule has 0 spiro atoms. The molecule has 0 saturated heterocycles. The number of amides is 2. The molecule has 3 N–H and O–H groups in total. The quantitative estimate of drug-likeness (QED) is 0.0960. The van der Waals surface area contributed by atoms with E-state index in [0.29, 0.717) is 42.7 Å². The third kappa shape index (κ3) is 12.8. The second-order valence-corrected chi connectivity index (χ2v) is 15.8. The molecule has 17 heteroatoms. The van der Waals surface area contributed by atoms with Crippen LogP contribution in [0.1, 0.15) is 31.8 Å². The molecule has 2 unspecified atom stereocenters. The van der Waals surface area contributed by atoms with Crippen LogP contribution in [-0.2, 0) is 41.3 Å². The molecule has 6 rings (SSSR count). The van der Waals surface area contributed by atoms with Gasteiger partial charge in [0.15, 0.2) is 0 Å². The van der Waals surface area contributed by atoms with Crippen LogP contribution in [0.25, 0.3) is 22.3 Å². The van der Waals surface area contributed by atoms with Crippen molar-refractivity contribution in [3.8, 4) is 33.8 Å². The number of aromatic nitrogens is 2. The van der Waals surface area contributed by atoms with Crippen molar-refractivity contribution >= 4 is 68.0 Å². The number of nitrogens with one attached hydrogen (secondary N) is 2. The smallest absolute Gasteiger partial charge is 0.328 e. The second kappa shape index (κ2) is 23.3. The van der Waals surface area contributed by atoms with Crippen molar-refractivity contribution in [2.75, 3.05) is 21.3 Å². The van der Waals surface area contributed by atoms with Gasteiger partial charge in [-0.3, -0.25) is 19.2 Å². The van der Waals surface area contributed by atoms with Crippen LogP contribution in [0, 0.1) is 0 Å². The number of aliphatic carboxylic acids is 1. The first-order valence-electron chi connectivity index (χ1n) is 19.2. The van der Waals surface area contributed by atoms with Crippen molar-refractivity contribution in [3.63, 3.8) is 0 Å². The highest BCUT2D eigenvalue weighted by Crippen LogP contribution is 2.25. The van der Waals surface area contributed by atoms with Gasteiger partial charge in [-0.1, -0.05) is 48.5 Å². The first kappa shape index (κ1) is 50.2. The van der Waals surface area contributed by atoms with Gasteiger partial charge in [-0.2, -0.15) is 0 Å². The van der Waals surface area contributed by atoms with Crippen LogP contribution in [0.4, 0.5) is 0 Å². The first-order chi connectivity index (χ1) is 30.1. The number of carbonyl (C=O) groups excluding carboxylic acids is 3. The summed E-state index contributed by atoms with van der Waals surface area (Å²) in [6.07, 6.45) is 3.70. The molecule has 0 bridgehead atoms. The molecule has 0 fully saturated rings. The van der Waals surface area contributed by atoms with Crippen LogP contribution < -0.4 is 31.2 Å². The summed E-state index contributed by atoms with van der Waals surface area (Å²) < 4.78 is 19.3. The number of aryl methyl sites for hydroxylation is 2. The molecule has 2 aromatic heterocycles. The summed E-state index contributed by atoms with van der Waals surface area (Å²) in [4.78, 5) is 74.2. The van der Waals surface area contributed by atoms with Gasteiger partial charge in [-0.05, 0) is 115 Å². The Morgan fingerprint density at radius 2 is 1.00 bits per heavy atom. The number of esters is 1. The predicted molar refractivity (Wildman–Crippen MR) is 252 cm³/mol. The molecule has 14 nitrogen and oxygen atoms in total. The van der Waals surface area contributed by atoms with E-state index in [0.717, 1.165) is 16.7 Å². The summed E-state index contributed by atoms with van der Waals surface area (Å²) in [7, 11) is 7.65. The van der Waals surface area contributed by atoms with Gasteiger partial charge in [0.2, 0.25) is 0 Å². The molecule has 4 aromatic carbocycles. The maximum Gasteiger partial charge on any atom is 0.328 e. The van der Waals surface area contributed by atoms with Crippen LogP contribution in [0.3, 0.4) is 0 Å². The minimum absolute atomic E-state index is 0. The molecule has 6 aromatic rings. The van der Waals surface area contributed by atoms with E-state index in [4.69, 9.17) is 14.2 Å². The van der Waals surface area contributed by atoms with Crippen LogP contribution in [0.2, 0.25) is 0 Å². The van der Waals surface area contributed by atoms with Crippen LogP contribution in [0.5, 0.6) is 11.5 Å². The molecule has 0 aliphatic rings. The topological polar surface area (TPSA) is 184 Å². The molecular weight excluding hydrogens is 976 g/mol. The van der Waals surface area contributed by atoms with E-state index < -0.39 is 35.8 Å². The highest BCUT2D eigenvalue weighted by atomic mass is 79.9. The molecule has 2 heterocycles. The van der Waals surface area contributed by atoms with E-state index in [2.05, 4.69) is 42.5 Å². The van der Waals surface area contributed by atoms with Gasteiger partial charge in [0.05, 0.1) is 32.5 Å². The van der Waals surface area contributed by atoms with Crippen LogP contribution in [-0.4, -0.2) is 71.4 Å². The van der Waals surface area contributed by atoms with Crippen molar-refractivity contribution in [1.29, 1.82) is 0 Å². The highest BCUT2D eigenvalue weighted by molar-refractivity contribution is 9.10. The molecule has 334 valence electrons. The van der Waals surface area contributed by atoms with E-state index in [-0.39, 0.29) is 41.9 Å². The average Bonchev–Trinajstić information content (AvgIpc) is 3.28. The Kier molecular flexibility index (Phi) is 18.2. The van der Waals surface area contributed by atoms with Crippen molar-refractivity contribution in [1.82, 2.24) is 19.8 Å². The zero-order valence-corrected chi connectivity index (χ0v) is 39.3. The molecular formula is C47H45Br2ClN4O10. The fourth-order valence-corrected chi connectivity index (χ4v) is 7.22. The predicted octanol–water partition coefficient (Wildman–Crippen LogP) is 7.01. The number of ether oxygens (including phenoxy) is 3. The van der Waals surface area contributed by atoms with E-state index in [1.165, 1.54) is 36.5 Å².